The molecule has 0 unspecified atom stereocenters. The van der Waals surface area contributed by atoms with Crippen molar-refractivity contribution in [3.05, 3.63) is 35.9 Å². The maximum Gasteiger partial charge on any atom is 0.142 e. The lowest BCUT2D eigenvalue weighted by Gasteiger charge is -1.94. The predicted octanol–water partition coefficient (Wildman–Crippen LogP) is 1.06. The summed E-state index contributed by atoms with van der Waals surface area (Å²) in [4.78, 5) is 0. The van der Waals surface area contributed by atoms with Crippen molar-refractivity contribution < 1.29 is 8.39 Å². The highest BCUT2D eigenvalue weighted by Gasteiger charge is 1.87. The Morgan fingerprint density at radius 2 is 2.00 bits per heavy atom. The highest BCUT2D eigenvalue weighted by atomic mass is 32.2. The molecular formula is C7H8O2S. The fourth-order valence-corrected chi connectivity index (χ4v) is 0.877. The first-order valence-electron chi connectivity index (χ1n) is 2.92. The van der Waals surface area contributed by atoms with Crippen LogP contribution in [0.25, 0.3) is 0 Å². The Hall–Kier alpha value is -0.670. The number of thiol groups is 1. The van der Waals surface area contributed by atoms with Crippen molar-refractivity contribution in [3.8, 4) is 0 Å². The van der Waals surface area contributed by atoms with Gasteiger partial charge in [-0.1, -0.05) is 30.3 Å². The average molecular weight is 156 g/mol. The predicted molar refractivity (Wildman–Crippen MR) is 40.8 cm³/mol. The summed E-state index contributed by atoms with van der Waals surface area (Å²) in [5.41, 5.74) is 1.03. The fourth-order valence-electron chi connectivity index (χ4n) is 0.675. The summed E-state index contributed by atoms with van der Waals surface area (Å²) in [6.45, 7) is 0.409. The minimum atomic E-state index is -0.260. The molecule has 2 nitrogen and oxygen atoms in total. The van der Waals surface area contributed by atoms with E-state index in [2.05, 4.69) is 4.18 Å². The molecule has 1 aromatic carbocycles. The van der Waals surface area contributed by atoms with Crippen molar-refractivity contribution in [3.63, 3.8) is 0 Å². The summed E-state index contributed by atoms with van der Waals surface area (Å²) < 4.78 is 14.5. The van der Waals surface area contributed by atoms with Crippen LogP contribution in [-0.4, -0.2) is 4.21 Å². The Bertz CT molecular complexity index is 198. The van der Waals surface area contributed by atoms with E-state index >= 15 is 0 Å². The molecule has 0 atom stereocenters. The molecule has 0 radical (unpaired) electrons. The third-order valence-corrected chi connectivity index (χ3v) is 1.36. The van der Waals surface area contributed by atoms with Crippen molar-refractivity contribution >= 4 is 11.9 Å². The van der Waals surface area contributed by atoms with Gasteiger partial charge in [-0.05, 0) is 5.56 Å². The van der Waals surface area contributed by atoms with Crippen LogP contribution >= 0.6 is 0 Å². The van der Waals surface area contributed by atoms with Gasteiger partial charge in [0.1, 0.15) is 11.9 Å². The van der Waals surface area contributed by atoms with Crippen LogP contribution in [0.1, 0.15) is 5.56 Å². The van der Waals surface area contributed by atoms with E-state index in [0.29, 0.717) is 6.61 Å². The Balaban J connectivity index is 2.50. The van der Waals surface area contributed by atoms with E-state index in [1.54, 1.807) is 0 Å². The van der Waals surface area contributed by atoms with Gasteiger partial charge in [-0.2, -0.15) is 0 Å². The van der Waals surface area contributed by atoms with Crippen molar-refractivity contribution in [2.24, 2.45) is 0 Å². The Kier molecular flexibility index (Phi) is 3.12. The third-order valence-electron chi connectivity index (χ3n) is 1.13. The summed E-state index contributed by atoms with van der Waals surface area (Å²) in [7, 11) is 0. The standard InChI is InChI=1S/C7H8O2S/c8-10-9-6-7-4-2-1-3-5-7/h1-5,10H,6H2. The molecule has 1 rings (SSSR count). The summed E-state index contributed by atoms with van der Waals surface area (Å²) in [5, 5.41) is 0. The van der Waals surface area contributed by atoms with Gasteiger partial charge in [-0.15, -0.1) is 0 Å². The van der Waals surface area contributed by atoms with Crippen molar-refractivity contribution in [1.29, 1.82) is 0 Å². The van der Waals surface area contributed by atoms with Gasteiger partial charge in [0.2, 0.25) is 0 Å². The van der Waals surface area contributed by atoms with Crippen molar-refractivity contribution in [2.75, 3.05) is 0 Å². The topological polar surface area (TPSA) is 26.3 Å². The van der Waals surface area contributed by atoms with E-state index in [1.165, 1.54) is 0 Å². The second-order valence-electron chi connectivity index (χ2n) is 1.83. The van der Waals surface area contributed by atoms with Crippen molar-refractivity contribution in [2.45, 2.75) is 6.61 Å². The molecule has 0 aliphatic carbocycles. The second-order valence-corrected chi connectivity index (χ2v) is 2.24. The molecule has 54 valence electrons. The summed E-state index contributed by atoms with van der Waals surface area (Å²) in [6, 6.07) is 9.61. The number of hydrogen-bond donors (Lipinski definition) is 1. The largest absolute Gasteiger partial charge is 0.288 e. The normalized spacial score (nSPS) is 9.60. The van der Waals surface area contributed by atoms with E-state index in [9.17, 15) is 4.21 Å². The minimum absolute atomic E-state index is 0.260. The molecular weight excluding hydrogens is 148 g/mol. The highest BCUT2D eigenvalue weighted by molar-refractivity contribution is 7.60. The third kappa shape index (κ3) is 2.29. The average Bonchev–Trinajstić information content (AvgIpc) is 2.03. The fraction of sp³-hybridized carbons (Fsp3) is 0.143. The molecule has 1 aromatic rings. The van der Waals surface area contributed by atoms with Crippen LogP contribution in [0, 0.1) is 0 Å². The molecule has 3 heteroatoms. The second kappa shape index (κ2) is 4.19. The van der Waals surface area contributed by atoms with Crippen LogP contribution in [0.4, 0.5) is 0 Å². The van der Waals surface area contributed by atoms with Crippen LogP contribution in [0.5, 0.6) is 0 Å². The first kappa shape index (κ1) is 7.44. The number of benzene rings is 1. The maximum atomic E-state index is 9.85. The minimum Gasteiger partial charge on any atom is -0.288 e. The van der Waals surface area contributed by atoms with Crippen LogP contribution in [0.2, 0.25) is 0 Å². The quantitative estimate of drug-likeness (QED) is 0.662. The molecule has 0 heterocycles. The maximum absolute atomic E-state index is 9.85. The molecule has 0 amide bonds. The van der Waals surface area contributed by atoms with Crippen LogP contribution in [-0.2, 0) is 22.7 Å². The zero-order valence-electron chi connectivity index (χ0n) is 5.36. The van der Waals surface area contributed by atoms with Crippen molar-refractivity contribution in [1.82, 2.24) is 0 Å². The monoisotopic (exact) mass is 156 g/mol. The molecule has 0 spiro atoms. The Morgan fingerprint density at radius 1 is 1.30 bits per heavy atom. The zero-order chi connectivity index (χ0) is 7.23. The van der Waals surface area contributed by atoms with Gasteiger partial charge in [0.15, 0.2) is 0 Å². The van der Waals surface area contributed by atoms with Gasteiger partial charge in [0.25, 0.3) is 0 Å². The van der Waals surface area contributed by atoms with E-state index < -0.39 is 0 Å². The summed E-state index contributed by atoms with van der Waals surface area (Å²) in [5.74, 6) is 0. The first-order chi connectivity index (χ1) is 4.93. The lowest BCUT2D eigenvalue weighted by atomic mass is 10.2. The summed E-state index contributed by atoms with van der Waals surface area (Å²) >= 11 is -0.260. The molecule has 0 aromatic heterocycles. The highest BCUT2D eigenvalue weighted by Crippen LogP contribution is 1.98. The van der Waals surface area contributed by atoms with Gasteiger partial charge in [-0.25, -0.2) is 4.21 Å². The molecule has 10 heavy (non-hydrogen) atoms. The molecule has 0 N–H and O–H groups in total. The smallest absolute Gasteiger partial charge is 0.142 e. The van der Waals surface area contributed by atoms with Gasteiger partial charge in [0, 0.05) is 0 Å². The van der Waals surface area contributed by atoms with E-state index in [0.717, 1.165) is 5.56 Å². The molecule has 0 saturated carbocycles. The van der Waals surface area contributed by atoms with E-state index in [1.807, 2.05) is 30.3 Å². The van der Waals surface area contributed by atoms with Crippen LogP contribution < -0.4 is 0 Å². The number of rotatable bonds is 3. The SMILES string of the molecule is O=[SH]OCc1ccccc1. The van der Waals surface area contributed by atoms with E-state index in [-0.39, 0.29) is 11.9 Å². The van der Waals surface area contributed by atoms with Gasteiger partial charge in [0.05, 0.1) is 6.61 Å². The van der Waals surface area contributed by atoms with Crippen LogP contribution in [0.15, 0.2) is 30.3 Å². The Labute approximate surface area is 63.5 Å². The van der Waals surface area contributed by atoms with Gasteiger partial charge >= 0.3 is 0 Å². The molecule has 0 bridgehead atoms. The first-order valence-corrected chi connectivity index (χ1v) is 3.65. The van der Waals surface area contributed by atoms with E-state index in [4.69, 9.17) is 0 Å². The molecule has 0 aliphatic heterocycles. The number of hydrogen-bond acceptors (Lipinski definition) is 2. The molecule has 0 fully saturated rings. The van der Waals surface area contributed by atoms with Crippen LogP contribution in [0.3, 0.4) is 0 Å². The molecule has 0 saturated heterocycles. The molecule has 0 aliphatic rings. The Morgan fingerprint density at radius 3 is 2.60 bits per heavy atom. The lowest BCUT2D eigenvalue weighted by molar-refractivity contribution is 0.348. The van der Waals surface area contributed by atoms with Gasteiger partial charge < -0.3 is 0 Å². The zero-order valence-corrected chi connectivity index (χ0v) is 6.25. The lowest BCUT2D eigenvalue weighted by Crippen LogP contribution is -1.85. The summed E-state index contributed by atoms with van der Waals surface area (Å²) in [6.07, 6.45) is 0. The van der Waals surface area contributed by atoms with Gasteiger partial charge in [-0.3, -0.25) is 4.18 Å².